The molecule has 0 aromatic heterocycles. The molecule has 0 amide bonds. The third-order valence-electron chi connectivity index (χ3n) is 3.51. The monoisotopic (exact) mass is 258 g/mol. The van der Waals surface area contributed by atoms with Crippen LogP contribution in [0.2, 0.25) is 0 Å². The zero-order valence-corrected chi connectivity index (χ0v) is 15.0. The number of rotatable bonds is 4. The van der Waals surface area contributed by atoms with E-state index in [4.69, 9.17) is 0 Å². The first-order valence-corrected chi connectivity index (χ1v) is 8.64. The van der Waals surface area contributed by atoms with Crippen LogP contribution in [0.1, 0.15) is 107 Å². The van der Waals surface area contributed by atoms with Crippen LogP contribution in [0.25, 0.3) is 0 Å². The first-order chi connectivity index (χ1) is 8.64. The molecule has 0 aromatic rings. The highest BCUT2D eigenvalue weighted by molar-refractivity contribution is 4.91. The Morgan fingerprint density at radius 3 is 1.56 bits per heavy atom. The van der Waals surface area contributed by atoms with Gasteiger partial charge in [-0.15, -0.1) is 0 Å². The van der Waals surface area contributed by atoms with Gasteiger partial charge in [0.2, 0.25) is 0 Å². The molecule has 2 atom stereocenters. The van der Waals surface area contributed by atoms with E-state index < -0.39 is 0 Å². The maximum absolute atomic E-state index is 2.49. The Hall–Kier alpha value is 0. The van der Waals surface area contributed by atoms with Crippen LogP contribution < -0.4 is 0 Å². The van der Waals surface area contributed by atoms with E-state index in [-0.39, 0.29) is 0 Å². The molecule has 0 radical (unpaired) electrons. The van der Waals surface area contributed by atoms with E-state index in [1.807, 2.05) is 27.7 Å². The summed E-state index contributed by atoms with van der Waals surface area (Å²) in [5, 5.41) is 0. The number of hydrogen-bond donors (Lipinski definition) is 0. The molecule has 18 heavy (non-hydrogen) atoms. The van der Waals surface area contributed by atoms with Gasteiger partial charge in [-0.2, -0.15) is 0 Å². The molecule has 1 aliphatic rings. The Morgan fingerprint density at radius 2 is 1.33 bits per heavy atom. The molecule has 0 bridgehead atoms. The summed E-state index contributed by atoms with van der Waals surface area (Å²) in [6.07, 6.45) is 9.92. The van der Waals surface area contributed by atoms with E-state index in [9.17, 15) is 0 Å². The Labute approximate surface area is 119 Å². The van der Waals surface area contributed by atoms with Gasteiger partial charge in [-0.3, -0.25) is 0 Å². The van der Waals surface area contributed by atoms with Crippen molar-refractivity contribution in [2.24, 2.45) is 11.3 Å². The first kappa shape index (κ1) is 23.1. The fourth-order valence-electron chi connectivity index (χ4n) is 2.58. The molecule has 0 N–H and O–H groups in total. The van der Waals surface area contributed by atoms with Crippen LogP contribution in [0.3, 0.4) is 0 Å². The second-order valence-corrected chi connectivity index (χ2v) is 5.14. The molecule has 2 unspecified atom stereocenters. The molecular weight excluding hydrogens is 216 g/mol. The van der Waals surface area contributed by atoms with Crippen molar-refractivity contribution in [3.8, 4) is 0 Å². The standard InChI is InChI=1S/C11H22.C3H8.2C2H6/c1-4-6-10-7-9-11(10,3)8-5-2;1-3-2;2*1-2/h10H,4-9H2,1-3H3;3H2,1-2H3;2*1-2H3. The van der Waals surface area contributed by atoms with Crippen molar-refractivity contribution in [3.05, 3.63) is 0 Å². The van der Waals surface area contributed by atoms with E-state index in [0.717, 1.165) is 11.3 Å². The molecule has 0 saturated heterocycles. The summed E-state index contributed by atoms with van der Waals surface area (Å²) >= 11 is 0. The van der Waals surface area contributed by atoms with Gasteiger partial charge in [-0.25, -0.2) is 0 Å². The predicted octanol–water partition coefficient (Wildman–Crippen LogP) is 7.47. The van der Waals surface area contributed by atoms with Gasteiger partial charge in [0.15, 0.2) is 0 Å². The van der Waals surface area contributed by atoms with Crippen LogP contribution in [0, 0.1) is 11.3 Å². The third-order valence-corrected chi connectivity index (χ3v) is 3.51. The molecule has 1 saturated carbocycles. The highest BCUT2D eigenvalue weighted by Gasteiger charge is 2.40. The summed E-state index contributed by atoms with van der Waals surface area (Å²) in [6.45, 7) is 19.4. The summed E-state index contributed by atoms with van der Waals surface area (Å²) in [5.41, 5.74) is 0.741. The SMILES string of the molecule is CC.CC.CCC.CCCC1CCC1(C)CCC. The van der Waals surface area contributed by atoms with E-state index >= 15 is 0 Å². The van der Waals surface area contributed by atoms with Crippen LogP contribution in [-0.2, 0) is 0 Å². The normalized spacial score (nSPS) is 24.2. The van der Waals surface area contributed by atoms with Crippen molar-refractivity contribution in [3.63, 3.8) is 0 Å². The van der Waals surface area contributed by atoms with Crippen LogP contribution >= 0.6 is 0 Å². The van der Waals surface area contributed by atoms with Crippen molar-refractivity contribution in [1.82, 2.24) is 0 Å². The summed E-state index contributed by atoms with van der Waals surface area (Å²) in [6, 6.07) is 0. The van der Waals surface area contributed by atoms with Crippen LogP contribution in [0.5, 0.6) is 0 Å². The molecule has 1 rings (SSSR count). The summed E-state index contributed by atoms with van der Waals surface area (Å²) in [5.74, 6) is 1.06. The number of hydrogen-bond acceptors (Lipinski definition) is 0. The lowest BCUT2D eigenvalue weighted by molar-refractivity contribution is 0.0327. The highest BCUT2D eigenvalue weighted by Crippen LogP contribution is 2.51. The molecule has 0 spiro atoms. The van der Waals surface area contributed by atoms with E-state index in [0.29, 0.717) is 0 Å². The van der Waals surface area contributed by atoms with Crippen molar-refractivity contribution in [2.75, 3.05) is 0 Å². The predicted molar refractivity (Wildman–Crippen MR) is 89.3 cm³/mol. The highest BCUT2D eigenvalue weighted by atomic mass is 14.5. The molecular formula is C18H42. The lowest BCUT2D eigenvalue weighted by atomic mass is 9.58. The van der Waals surface area contributed by atoms with Gasteiger partial charge in [-0.1, -0.05) is 88.0 Å². The molecule has 0 heterocycles. The average Bonchev–Trinajstić information content (AvgIpc) is 2.41. The van der Waals surface area contributed by atoms with E-state index in [1.165, 1.54) is 44.9 Å². The maximum Gasteiger partial charge on any atom is -0.0298 e. The quantitative estimate of drug-likeness (QED) is 0.490. The summed E-state index contributed by atoms with van der Waals surface area (Å²) < 4.78 is 0. The molecule has 0 aliphatic heterocycles. The topological polar surface area (TPSA) is 0 Å². The summed E-state index contributed by atoms with van der Waals surface area (Å²) in [4.78, 5) is 0. The van der Waals surface area contributed by atoms with Crippen molar-refractivity contribution >= 4 is 0 Å². The summed E-state index contributed by atoms with van der Waals surface area (Å²) in [7, 11) is 0. The Kier molecular flexibility index (Phi) is 21.8. The van der Waals surface area contributed by atoms with Crippen molar-refractivity contribution in [1.29, 1.82) is 0 Å². The first-order valence-electron chi connectivity index (χ1n) is 8.64. The lowest BCUT2D eigenvalue weighted by Gasteiger charge is -2.47. The van der Waals surface area contributed by atoms with E-state index in [2.05, 4.69) is 34.6 Å². The van der Waals surface area contributed by atoms with Gasteiger partial charge in [0, 0.05) is 0 Å². The fraction of sp³-hybridized carbons (Fsp3) is 1.00. The second-order valence-electron chi connectivity index (χ2n) is 5.14. The minimum absolute atomic E-state index is 0.741. The van der Waals surface area contributed by atoms with Gasteiger partial charge in [0.05, 0.1) is 0 Å². The Bertz CT molecular complexity index is 128. The van der Waals surface area contributed by atoms with Gasteiger partial charge < -0.3 is 0 Å². The van der Waals surface area contributed by atoms with Crippen LogP contribution in [0.4, 0.5) is 0 Å². The van der Waals surface area contributed by atoms with Gasteiger partial charge in [-0.05, 0) is 30.6 Å². The van der Waals surface area contributed by atoms with Crippen LogP contribution in [0.15, 0.2) is 0 Å². The minimum atomic E-state index is 0.741. The third kappa shape index (κ3) is 9.97. The van der Waals surface area contributed by atoms with Crippen molar-refractivity contribution < 1.29 is 0 Å². The molecule has 0 aromatic carbocycles. The zero-order chi connectivity index (χ0) is 15.0. The second kappa shape index (κ2) is 17.0. The van der Waals surface area contributed by atoms with Crippen LogP contribution in [-0.4, -0.2) is 0 Å². The van der Waals surface area contributed by atoms with Gasteiger partial charge >= 0.3 is 0 Å². The largest absolute Gasteiger partial charge is 0.0683 e. The fourth-order valence-corrected chi connectivity index (χ4v) is 2.58. The van der Waals surface area contributed by atoms with Gasteiger partial charge in [0.1, 0.15) is 0 Å². The zero-order valence-electron chi connectivity index (χ0n) is 15.0. The molecule has 0 nitrogen and oxygen atoms in total. The minimum Gasteiger partial charge on any atom is -0.0683 e. The molecule has 1 fully saturated rings. The lowest BCUT2D eigenvalue weighted by Crippen LogP contribution is -2.37. The Morgan fingerprint density at radius 1 is 0.889 bits per heavy atom. The molecule has 114 valence electrons. The molecule has 1 aliphatic carbocycles. The molecule has 0 heteroatoms. The van der Waals surface area contributed by atoms with E-state index in [1.54, 1.807) is 0 Å². The van der Waals surface area contributed by atoms with Crippen molar-refractivity contribution in [2.45, 2.75) is 107 Å². The average molecular weight is 259 g/mol. The Balaban J connectivity index is -0.000000274. The maximum atomic E-state index is 2.49. The van der Waals surface area contributed by atoms with Gasteiger partial charge in [0.25, 0.3) is 0 Å². The smallest absolute Gasteiger partial charge is 0.0298 e.